The van der Waals surface area contributed by atoms with Crippen LogP contribution in [0.2, 0.25) is 0 Å². The molecule has 1 aliphatic heterocycles. The van der Waals surface area contributed by atoms with Crippen LogP contribution in [-0.4, -0.2) is 33.8 Å². The molecule has 0 aliphatic carbocycles. The largest absolute Gasteiger partial charge is 0.465 e. The standard InChI is InChI=1S/C16H17FN2O4/c17-12-3-1-10(2-4-12)7-13-8-11(5-6-19(13)16(21)22)14-9-15(20)18-23-14/h1-4,9,11,13H,5-8H2,(H,18,20)(H,21,22). The lowest BCUT2D eigenvalue weighted by atomic mass is 9.86. The number of H-pyrrole nitrogens is 1. The minimum Gasteiger partial charge on any atom is -0.465 e. The van der Waals surface area contributed by atoms with E-state index in [0.29, 0.717) is 31.6 Å². The minimum absolute atomic E-state index is 0.00463. The molecule has 0 radical (unpaired) electrons. The van der Waals surface area contributed by atoms with Gasteiger partial charge in [0.05, 0.1) is 0 Å². The van der Waals surface area contributed by atoms with E-state index in [1.165, 1.54) is 23.1 Å². The van der Waals surface area contributed by atoms with Gasteiger partial charge in [-0.2, -0.15) is 5.16 Å². The maximum Gasteiger partial charge on any atom is 0.407 e. The summed E-state index contributed by atoms with van der Waals surface area (Å²) in [7, 11) is 0. The smallest absolute Gasteiger partial charge is 0.407 e. The van der Waals surface area contributed by atoms with Crippen molar-refractivity contribution >= 4 is 6.09 Å². The van der Waals surface area contributed by atoms with Gasteiger partial charge >= 0.3 is 6.09 Å². The van der Waals surface area contributed by atoms with E-state index in [1.807, 2.05) is 0 Å². The Kier molecular flexibility index (Phi) is 4.18. The lowest BCUT2D eigenvalue weighted by molar-refractivity contribution is 0.0968. The number of nitrogens with one attached hydrogen (secondary N) is 1. The first kappa shape index (κ1) is 15.3. The van der Waals surface area contributed by atoms with Gasteiger partial charge in [0.25, 0.3) is 5.56 Å². The highest BCUT2D eigenvalue weighted by atomic mass is 19.1. The van der Waals surface area contributed by atoms with E-state index < -0.39 is 6.09 Å². The third kappa shape index (κ3) is 3.44. The van der Waals surface area contributed by atoms with Crippen molar-refractivity contribution < 1.29 is 18.8 Å². The molecule has 1 amide bonds. The number of benzene rings is 1. The highest BCUT2D eigenvalue weighted by Gasteiger charge is 2.33. The summed E-state index contributed by atoms with van der Waals surface area (Å²) in [5.74, 6) is 0.235. The Hall–Kier alpha value is -2.57. The molecular weight excluding hydrogens is 303 g/mol. The Morgan fingerprint density at radius 1 is 1.39 bits per heavy atom. The summed E-state index contributed by atoms with van der Waals surface area (Å²) in [4.78, 5) is 24.1. The van der Waals surface area contributed by atoms with Gasteiger partial charge < -0.3 is 14.5 Å². The average Bonchev–Trinajstić information content (AvgIpc) is 2.96. The molecule has 1 saturated heterocycles. The van der Waals surface area contributed by atoms with Crippen molar-refractivity contribution in [2.45, 2.75) is 31.2 Å². The minimum atomic E-state index is -0.967. The Morgan fingerprint density at radius 3 is 2.74 bits per heavy atom. The number of nitrogens with zero attached hydrogens (tertiary/aromatic N) is 1. The van der Waals surface area contributed by atoms with Crippen LogP contribution in [0.15, 0.2) is 39.6 Å². The number of aromatic amines is 1. The molecule has 2 unspecified atom stereocenters. The molecule has 1 fully saturated rings. The number of hydrogen-bond acceptors (Lipinski definition) is 3. The number of carbonyl (C=O) groups is 1. The van der Waals surface area contributed by atoms with Crippen LogP contribution in [0.4, 0.5) is 9.18 Å². The topological polar surface area (TPSA) is 86.5 Å². The van der Waals surface area contributed by atoms with Crippen LogP contribution in [0.3, 0.4) is 0 Å². The lowest BCUT2D eigenvalue weighted by Crippen LogP contribution is -2.46. The Bertz CT molecular complexity index is 737. The highest BCUT2D eigenvalue weighted by Crippen LogP contribution is 2.32. The molecule has 7 heteroatoms. The van der Waals surface area contributed by atoms with Gasteiger partial charge in [0.1, 0.15) is 11.6 Å². The third-order valence-electron chi connectivity index (χ3n) is 4.29. The van der Waals surface area contributed by atoms with E-state index in [2.05, 4.69) is 5.16 Å². The fourth-order valence-electron chi connectivity index (χ4n) is 3.15. The number of piperidine rings is 1. The van der Waals surface area contributed by atoms with Gasteiger partial charge in [-0.25, -0.2) is 9.18 Å². The molecule has 122 valence electrons. The van der Waals surface area contributed by atoms with E-state index in [1.54, 1.807) is 12.1 Å². The van der Waals surface area contributed by atoms with Crippen molar-refractivity contribution in [3.8, 4) is 0 Å². The van der Waals surface area contributed by atoms with Crippen molar-refractivity contribution in [3.63, 3.8) is 0 Å². The summed E-state index contributed by atoms with van der Waals surface area (Å²) in [5.41, 5.74) is 0.578. The molecule has 2 aromatic rings. The number of hydrogen-bond donors (Lipinski definition) is 2. The van der Waals surface area contributed by atoms with E-state index in [0.717, 1.165) is 5.56 Å². The number of halogens is 1. The first-order chi connectivity index (χ1) is 11.0. The number of amides is 1. The normalized spacial score (nSPS) is 21.3. The molecule has 0 bridgehead atoms. The van der Waals surface area contributed by atoms with Crippen LogP contribution in [0.5, 0.6) is 0 Å². The highest BCUT2D eigenvalue weighted by molar-refractivity contribution is 5.65. The summed E-state index contributed by atoms with van der Waals surface area (Å²) < 4.78 is 18.2. The van der Waals surface area contributed by atoms with Gasteiger partial charge in [-0.3, -0.25) is 4.79 Å². The summed E-state index contributed by atoms with van der Waals surface area (Å²) in [5, 5.41) is 11.6. The lowest BCUT2D eigenvalue weighted by Gasteiger charge is -2.37. The van der Waals surface area contributed by atoms with Crippen LogP contribution in [-0.2, 0) is 6.42 Å². The summed E-state index contributed by atoms with van der Waals surface area (Å²) in [6.07, 6.45) is 0.695. The van der Waals surface area contributed by atoms with Crippen LogP contribution >= 0.6 is 0 Å². The number of likely N-dealkylation sites (tertiary alicyclic amines) is 1. The van der Waals surface area contributed by atoms with Crippen LogP contribution in [0.1, 0.15) is 30.1 Å². The quantitative estimate of drug-likeness (QED) is 0.910. The fourth-order valence-corrected chi connectivity index (χ4v) is 3.15. The first-order valence-electron chi connectivity index (χ1n) is 7.45. The molecule has 23 heavy (non-hydrogen) atoms. The number of rotatable bonds is 3. The van der Waals surface area contributed by atoms with Gasteiger partial charge in [-0.05, 0) is 37.0 Å². The van der Waals surface area contributed by atoms with Gasteiger partial charge in [0.15, 0.2) is 0 Å². The second kappa shape index (κ2) is 6.28. The van der Waals surface area contributed by atoms with Crippen LogP contribution in [0, 0.1) is 5.82 Å². The van der Waals surface area contributed by atoms with E-state index in [4.69, 9.17) is 4.52 Å². The first-order valence-corrected chi connectivity index (χ1v) is 7.45. The Balaban J connectivity index is 1.78. The SMILES string of the molecule is O=C(O)N1CCC(c2cc(=O)[nH]o2)CC1Cc1ccc(F)cc1. The van der Waals surface area contributed by atoms with Gasteiger partial charge in [-0.15, -0.1) is 0 Å². The monoisotopic (exact) mass is 320 g/mol. The molecule has 1 aromatic heterocycles. The molecule has 1 aromatic carbocycles. The zero-order valence-corrected chi connectivity index (χ0v) is 12.4. The molecule has 1 aliphatic rings. The molecule has 2 heterocycles. The van der Waals surface area contributed by atoms with Gasteiger partial charge in [0.2, 0.25) is 0 Å². The van der Waals surface area contributed by atoms with Crippen molar-refractivity contribution in [3.05, 3.63) is 57.8 Å². The van der Waals surface area contributed by atoms with Crippen LogP contribution in [0.25, 0.3) is 0 Å². The summed E-state index contributed by atoms with van der Waals surface area (Å²) >= 11 is 0. The second-order valence-corrected chi connectivity index (χ2v) is 5.80. The maximum absolute atomic E-state index is 13.0. The summed E-state index contributed by atoms with van der Waals surface area (Å²) in [6.45, 7) is 0.376. The van der Waals surface area contributed by atoms with Gasteiger partial charge in [0, 0.05) is 24.6 Å². The van der Waals surface area contributed by atoms with E-state index >= 15 is 0 Å². The molecular formula is C16H17FN2O4. The fraction of sp³-hybridized carbons (Fsp3) is 0.375. The van der Waals surface area contributed by atoms with Crippen molar-refractivity contribution in [2.24, 2.45) is 0 Å². The second-order valence-electron chi connectivity index (χ2n) is 5.80. The van der Waals surface area contributed by atoms with Crippen molar-refractivity contribution in [1.82, 2.24) is 10.1 Å². The van der Waals surface area contributed by atoms with Crippen molar-refractivity contribution in [2.75, 3.05) is 6.54 Å². The van der Waals surface area contributed by atoms with E-state index in [9.17, 15) is 19.1 Å². The molecule has 2 N–H and O–H groups in total. The molecule has 3 rings (SSSR count). The molecule has 6 nitrogen and oxygen atoms in total. The zero-order valence-electron chi connectivity index (χ0n) is 12.4. The average molecular weight is 320 g/mol. The number of carboxylic acid groups (broad SMARTS) is 1. The third-order valence-corrected chi connectivity index (χ3v) is 4.29. The van der Waals surface area contributed by atoms with Crippen LogP contribution < -0.4 is 5.56 Å². The summed E-state index contributed by atoms with van der Waals surface area (Å²) in [6, 6.07) is 7.23. The Labute approximate surface area is 131 Å². The maximum atomic E-state index is 13.0. The predicted octanol–water partition coefficient (Wildman–Crippen LogP) is 2.58. The zero-order chi connectivity index (χ0) is 16.4. The predicted molar refractivity (Wildman–Crippen MR) is 79.9 cm³/mol. The molecule has 0 spiro atoms. The van der Waals surface area contributed by atoms with E-state index in [-0.39, 0.29) is 23.3 Å². The molecule has 2 atom stereocenters. The number of aromatic nitrogens is 1. The molecule has 0 saturated carbocycles. The van der Waals surface area contributed by atoms with Gasteiger partial charge in [-0.1, -0.05) is 12.1 Å². The Morgan fingerprint density at radius 2 is 2.13 bits per heavy atom. The van der Waals surface area contributed by atoms with Crippen molar-refractivity contribution in [1.29, 1.82) is 0 Å².